The van der Waals surface area contributed by atoms with Crippen LogP contribution < -0.4 is 10.1 Å². The van der Waals surface area contributed by atoms with Crippen LogP contribution in [0.1, 0.15) is 34.3 Å². The maximum absolute atomic E-state index is 13.8. The van der Waals surface area contributed by atoms with E-state index in [4.69, 9.17) is 4.74 Å². The maximum Gasteiger partial charge on any atom is 0.317 e. The Hall–Kier alpha value is -6.12. The molecule has 2 aromatic rings. The van der Waals surface area contributed by atoms with Crippen molar-refractivity contribution in [3.63, 3.8) is 0 Å². The van der Waals surface area contributed by atoms with Gasteiger partial charge in [0.25, 0.3) is 11.8 Å². The summed E-state index contributed by atoms with van der Waals surface area (Å²) in [5.74, 6) is -6.97. The number of nitrogens with zero attached hydrogens (tertiary/aromatic N) is 9. The highest BCUT2D eigenvalue weighted by atomic mass is 19.3. The summed E-state index contributed by atoms with van der Waals surface area (Å²) in [6.07, 6.45) is 6.38. The zero-order valence-corrected chi connectivity index (χ0v) is 36.8. The van der Waals surface area contributed by atoms with E-state index in [2.05, 4.69) is 15.2 Å². The number of likely N-dealkylation sites (tertiary alicyclic amines) is 1. The second kappa shape index (κ2) is 25.0. The second-order valence-corrected chi connectivity index (χ2v) is 16.5. The van der Waals surface area contributed by atoms with Gasteiger partial charge in [0.2, 0.25) is 11.8 Å². The van der Waals surface area contributed by atoms with Crippen LogP contribution in [-0.4, -0.2) is 233 Å². The molecule has 0 spiro atoms. The van der Waals surface area contributed by atoms with Crippen LogP contribution in [0.5, 0.6) is 5.75 Å². The number of carbonyl (C=O) groups excluding carboxylic acids is 3. The van der Waals surface area contributed by atoms with Gasteiger partial charge in [-0.15, -0.1) is 0 Å². The van der Waals surface area contributed by atoms with Crippen molar-refractivity contribution in [2.75, 3.05) is 131 Å². The SMILES string of the molecule is N#C[C@@H]1CC(F)(F)CN1C(=O)CNC(=O)c1ccncc1/C=C/c1ccc(OCCCN2CCN(C(=O)CN3CCN(CC(=O)O)CCN(CC(=O)O)CCN(CC(=O)O)CC3)CC2)cc1. The van der Waals surface area contributed by atoms with E-state index in [1.165, 1.54) is 18.5 Å². The summed E-state index contributed by atoms with van der Waals surface area (Å²) >= 11 is 0. The Labute approximate surface area is 381 Å². The molecule has 3 aliphatic rings. The molecule has 0 unspecified atom stereocenters. The topological polar surface area (TPSA) is 244 Å². The lowest BCUT2D eigenvalue weighted by Gasteiger charge is -2.37. The standard InChI is InChI=1S/C44H58F2N10O10/c45-44(46)24-35(25-47)56(32-44)38(57)27-49-43(65)37-8-9-48-26-34(37)5-2-33-3-6-36(7-4-33)66-23-1-10-50-19-21-55(22-20-50)39(58)28-51-11-13-52(29-40(59)60)15-17-54(31-42(63)64)18-16-53(14-12-51)30-41(61)62/h2-9,26,35H,1,10-24,27-32H2,(H,49,65)(H,59,60)(H,61,62)(H,63,64)/b5-2+/t35-/m0/s1. The van der Waals surface area contributed by atoms with Gasteiger partial charge >= 0.3 is 17.9 Å². The second-order valence-electron chi connectivity index (χ2n) is 16.5. The molecule has 3 amide bonds. The molecule has 1 aromatic carbocycles. The Morgan fingerprint density at radius 3 is 1.80 bits per heavy atom. The minimum Gasteiger partial charge on any atom is -0.494 e. The molecule has 66 heavy (non-hydrogen) atoms. The fraction of sp³-hybridized carbons (Fsp3) is 0.545. The Balaban J connectivity index is 1.03. The highest BCUT2D eigenvalue weighted by Crippen LogP contribution is 2.31. The minimum atomic E-state index is -3.16. The number of halogens is 2. The van der Waals surface area contributed by atoms with Crippen molar-refractivity contribution in [1.29, 1.82) is 5.26 Å². The quantitative estimate of drug-likeness (QED) is 0.145. The summed E-state index contributed by atoms with van der Waals surface area (Å²) in [7, 11) is 0. The van der Waals surface area contributed by atoms with Crippen LogP contribution in [0.2, 0.25) is 0 Å². The number of carbonyl (C=O) groups is 6. The van der Waals surface area contributed by atoms with Crippen molar-refractivity contribution in [3.05, 3.63) is 59.4 Å². The van der Waals surface area contributed by atoms with E-state index >= 15 is 0 Å². The number of ether oxygens (including phenoxy) is 1. The van der Waals surface area contributed by atoms with E-state index in [-0.39, 0.29) is 37.6 Å². The van der Waals surface area contributed by atoms with Crippen molar-refractivity contribution in [2.24, 2.45) is 0 Å². The monoisotopic (exact) mass is 924 g/mol. The zero-order chi connectivity index (χ0) is 47.6. The van der Waals surface area contributed by atoms with E-state index in [1.54, 1.807) is 32.9 Å². The molecule has 0 saturated carbocycles. The third-order valence-electron chi connectivity index (χ3n) is 11.5. The molecule has 22 heteroatoms. The number of aliphatic carboxylic acids is 3. The molecule has 0 radical (unpaired) electrons. The number of aromatic nitrogens is 1. The number of carboxylic acids is 3. The molecule has 0 aliphatic carbocycles. The summed E-state index contributed by atoms with van der Waals surface area (Å²) in [6, 6.07) is 9.28. The molecule has 4 N–H and O–H groups in total. The number of nitrogens with one attached hydrogen (secondary N) is 1. The average molecular weight is 925 g/mol. The highest BCUT2D eigenvalue weighted by Gasteiger charge is 2.47. The Morgan fingerprint density at radius 2 is 1.27 bits per heavy atom. The van der Waals surface area contributed by atoms with Gasteiger partial charge in [0, 0.05) is 115 Å². The molecule has 1 atom stereocenters. The minimum absolute atomic E-state index is 0.0622. The molecule has 358 valence electrons. The van der Waals surface area contributed by atoms with Crippen LogP contribution in [-0.2, 0) is 24.0 Å². The van der Waals surface area contributed by atoms with Crippen molar-refractivity contribution >= 4 is 47.8 Å². The third-order valence-corrected chi connectivity index (χ3v) is 11.5. The first-order valence-corrected chi connectivity index (χ1v) is 21.8. The normalized spacial score (nSPS) is 19.7. The van der Waals surface area contributed by atoms with Crippen LogP contribution in [0.3, 0.4) is 0 Å². The summed E-state index contributed by atoms with van der Waals surface area (Å²) in [5, 5.41) is 40.0. The van der Waals surface area contributed by atoms with Gasteiger partial charge in [0.05, 0.1) is 51.9 Å². The highest BCUT2D eigenvalue weighted by molar-refractivity contribution is 6.00. The van der Waals surface area contributed by atoms with Crippen LogP contribution in [0.25, 0.3) is 12.2 Å². The molecule has 0 bridgehead atoms. The number of hydrogen-bond acceptors (Lipinski definition) is 14. The number of hydrogen-bond donors (Lipinski definition) is 4. The van der Waals surface area contributed by atoms with Gasteiger partial charge in [0.1, 0.15) is 11.8 Å². The van der Waals surface area contributed by atoms with Gasteiger partial charge in [0.15, 0.2) is 0 Å². The van der Waals surface area contributed by atoms with Crippen molar-refractivity contribution in [3.8, 4) is 11.8 Å². The number of pyridine rings is 1. The summed E-state index contributed by atoms with van der Waals surface area (Å²) < 4.78 is 33.5. The van der Waals surface area contributed by atoms with Crippen LogP contribution in [0, 0.1) is 11.3 Å². The Morgan fingerprint density at radius 1 is 0.742 bits per heavy atom. The number of benzene rings is 1. The van der Waals surface area contributed by atoms with Crippen molar-refractivity contribution < 1.29 is 57.6 Å². The number of piperazine rings is 1. The Bertz CT molecular complexity index is 2030. The smallest absolute Gasteiger partial charge is 0.317 e. The number of rotatable bonds is 18. The van der Waals surface area contributed by atoms with Gasteiger partial charge in [-0.2, -0.15) is 5.26 Å². The third kappa shape index (κ3) is 16.7. The summed E-state index contributed by atoms with van der Waals surface area (Å²) in [5.41, 5.74) is 1.50. The largest absolute Gasteiger partial charge is 0.494 e. The van der Waals surface area contributed by atoms with Gasteiger partial charge in [-0.3, -0.25) is 58.3 Å². The molecule has 3 saturated heterocycles. The summed E-state index contributed by atoms with van der Waals surface area (Å²) in [6.45, 7) is 4.24. The van der Waals surface area contributed by atoms with Gasteiger partial charge in [-0.05, 0) is 30.2 Å². The number of alkyl halides is 2. The van der Waals surface area contributed by atoms with Crippen molar-refractivity contribution in [1.82, 2.24) is 44.6 Å². The molecule has 20 nitrogen and oxygen atoms in total. The molecule has 1 aromatic heterocycles. The lowest BCUT2D eigenvalue weighted by molar-refractivity contribution is -0.141. The van der Waals surface area contributed by atoms with E-state index in [1.807, 2.05) is 34.1 Å². The number of carboxylic acid groups (broad SMARTS) is 3. The predicted molar refractivity (Wildman–Crippen MR) is 234 cm³/mol. The van der Waals surface area contributed by atoms with Crippen LogP contribution in [0.4, 0.5) is 8.78 Å². The van der Waals surface area contributed by atoms with E-state index in [0.29, 0.717) is 96.5 Å². The van der Waals surface area contributed by atoms with Gasteiger partial charge in [-0.25, -0.2) is 8.78 Å². The first kappa shape index (κ1) is 50.9. The van der Waals surface area contributed by atoms with E-state index in [0.717, 1.165) is 23.4 Å². The molecule has 3 fully saturated rings. The maximum atomic E-state index is 13.8. The van der Waals surface area contributed by atoms with E-state index < -0.39 is 61.2 Å². The van der Waals surface area contributed by atoms with Crippen molar-refractivity contribution in [2.45, 2.75) is 24.8 Å². The van der Waals surface area contributed by atoms with E-state index in [9.17, 15) is 58.1 Å². The molecule has 4 heterocycles. The first-order chi connectivity index (χ1) is 31.6. The molecular weight excluding hydrogens is 867 g/mol. The fourth-order valence-corrected chi connectivity index (χ4v) is 7.93. The van der Waals surface area contributed by atoms with Gasteiger partial charge < -0.3 is 35.2 Å². The van der Waals surface area contributed by atoms with Crippen LogP contribution in [0.15, 0.2) is 42.7 Å². The average Bonchev–Trinajstić information content (AvgIpc) is 3.61. The molecule has 3 aliphatic heterocycles. The zero-order valence-electron chi connectivity index (χ0n) is 36.8. The Kier molecular flexibility index (Phi) is 19.2. The summed E-state index contributed by atoms with van der Waals surface area (Å²) in [4.78, 5) is 89.7. The molecular formula is C44H58F2N10O10. The predicted octanol–water partition coefficient (Wildman–Crippen LogP) is 0.130. The lowest BCUT2D eigenvalue weighted by Crippen LogP contribution is -2.53. The van der Waals surface area contributed by atoms with Gasteiger partial charge in [-0.1, -0.05) is 24.3 Å². The van der Waals surface area contributed by atoms with Crippen LogP contribution >= 0.6 is 0 Å². The lowest BCUT2D eigenvalue weighted by atomic mass is 10.1. The fourth-order valence-electron chi connectivity index (χ4n) is 7.93. The number of amides is 3. The number of nitriles is 1. The molecule has 5 rings (SSSR count). The first-order valence-electron chi connectivity index (χ1n) is 21.8.